The van der Waals surface area contributed by atoms with Crippen molar-refractivity contribution in [2.45, 2.75) is 25.3 Å². The minimum absolute atomic E-state index is 0.0565. The van der Waals surface area contributed by atoms with Crippen LogP contribution in [0, 0.1) is 13.8 Å². The van der Waals surface area contributed by atoms with Crippen LogP contribution in [0.5, 0.6) is 0 Å². The molecular formula is C24H23ClN2O5S. The van der Waals surface area contributed by atoms with E-state index in [0.29, 0.717) is 16.3 Å². The molecule has 0 aliphatic rings. The van der Waals surface area contributed by atoms with E-state index in [1.54, 1.807) is 49.4 Å². The summed E-state index contributed by atoms with van der Waals surface area (Å²) in [7, 11) is -3.93. The topological polar surface area (TPSA) is 102 Å². The molecule has 0 atom stereocenters. The molecular weight excluding hydrogens is 464 g/mol. The predicted molar refractivity (Wildman–Crippen MR) is 127 cm³/mol. The molecule has 0 aliphatic carbocycles. The second-order valence-electron chi connectivity index (χ2n) is 7.40. The van der Waals surface area contributed by atoms with Gasteiger partial charge in [-0.3, -0.25) is 9.52 Å². The van der Waals surface area contributed by atoms with Crippen molar-refractivity contribution in [1.82, 2.24) is 5.32 Å². The Morgan fingerprint density at radius 1 is 0.970 bits per heavy atom. The highest BCUT2D eigenvalue weighted by molar-refractivity contribution is 7.92. The third kappa shape index (κ3) is 6.57. The lowest BCUT2D eigenvalue weighted by molar-refractivity contribution is -0.124. The highest BCUT2D eigenvalue weighted by Gasteiger charge is 2.20. The zero-order chi connectivity index (χ0) is 24.0. The Hall–Kier alpha value is -3.36. The number of carbonyl (C=O) groups excluding carboxylic acids is 2. The lowest BCUT2D eigenvalue weighted by Crippen LogP contribution is -2.28. The fourth-order valence-electron chi connectivity index (χ4n) is 3.01. The molecule has 1 amide bonds. The number of aryl methyl sites for hydroxylation is 2. The van der Waals surface area contributed by atoms with E-state index in [9.17, 15) is 18.0 Å². The van der Waals surface area contributed by atoms with Crippen molar-refractivity contribution in [3.05, 3.63) is 94.0 Å². The summed E-state index contributed by atoms with van der Waals surface area (Å²) in [4.78, 5) is 24.5. The number of hydrogen-bond donors (Lipinski definition) is 2. The first-order valence-electron chi connectivity index (χ1n) is 10.0. The van der Waals surface area contributed by atoms with Crippen LogP contribution in [-0.4, -0.2) is 26.9 Å². The molecule has 0 aromatic heterocycles. The number of sulfonamides is 1. The fourth-order valence-corrected chi connectivity index (χ4v) is 4.28. The van der Waals surface area contributed by atoms with E-state index < -0.39 is 28.5 Å². The normalized spacial score (nSPS) is 11.0. The zero-order valence-corrected chi connectivity index (χ0v) is 19.7. The Morgan fingerprint density at radius 3 is 2.45 bits per heavy atom. The van der Waals surface area contributed by atoms with Gasteiger partial charge in [-0.25, -0.2) is 13.2 Å². The molecule has 172 valence electrons. The first-order chi connectivity index (χ1) is 15.7. The van der Waals surface area contributed by atoms with Crippen molar-refractivity contribution in [1.29, 1.82) is 0 Å². The second kappa shape index (κ2) is 10.5. The van der Waals surface area contributed by atoms with Crippen LogP contribution in [0.3, 0.4) is 0 Å². The standard InChI is InChI=1S/C24H23ClN2O5S/c1-16-6-5-8-19(12-16)27-33(30,31)20-11-10-17(2)21(13-20)24(29)32-15-23(28)26-14-18-7-3-4-9-22(18)25/h3-13,27H,14-15H2,1-2H3,(H,26,28). The van der Waals surface area contributed by atoms with Crippen molar-refractivity contribution < 1.29 is 22.7 Å². The van der Waals surface area contributed by atoms with Crippen LogP contribution in [0.15, 0.2) is 71.6 Å². The summed E-state index contributed by atoms with van der Waals surface area (Å²) in [5, 5.41) is 3.14. The third-order valence-electron chi connectivity index (χ3n) is 4.78. The minimum atomic E-state index is -3.93. The summed E-state index contributed by atoms with van der Waals surface area (Å²) in [5.74, 6) is -1.31. The molecule has 3 rings (SSSR count). The molecule has 2 N–H and O–H groups in total. The molecule has 0 fully saturated rings. The molecule has 7 nitrogen and oxygen atoms in total. The summed E-state index contributed by atoms with van der Waals surface area (Å²) in [6, 6.07) is 18.1. The molecule has 0 heterocycles. The van der Waals surface area contributed by atoms with Crippen molar-refractivity contribution in [2.24, 2.45) is 0 Å². The first-order valence-corrected chi connectivity index (χ1v) is 11.9. The maximum atomic E-state index is 12.8. The van der Waals surface area contributed by atoms with Gasteiger partial charge in [0.2, 0.25) is 0 Å². The Morgan fingerprint density at radius 2 is 1.73 bits per heavy atom. The molecule has 0 spiro atoms. The Labute approximate surface area is 197 Å². The highest BCUT2D eigenvalue weighted by Crippen LogP contribution is 2.21. The van der Waals surface area contributed by atoms with Gasteiger partial charge in [-0.2, -0.15) is 0 Å². The molecule has 0 saturated heterocycles. The molecule has 0 bridgehead atoms. The van der Waals surface area contributed by atoms with E-state index >= 15 is 0 Å². The number of benzene rings is 3. The quantitative estimate of drug-likeness (QED) is 0.464. The van der Waals surface area contributed by atoms with Gasteiger partial charge in [-0.15, -0.1) is 0 Å². The monoisotopic (exact) mass is 486 g/mol. The first kappa shape index (κ1) is 24.3. The molecule has 0 radical (unpaired) electrons. The van der Waals surface area contributed by atoms with Crippen molar-refractivity contribution in [3.8, 4) is 0 Å². The number of amides is 1. The summed E-state index contributed by atoms with van der Waals surface area (Å²) in [6.45, 7) is 3.18. The van der Waals surface area contributed by atoms with Crippen LogP contribution < -0.4 is 10.0 Å². The summed E-state index contributed by atoms with van der Waals surface area (Å²) >= 11 is 6.05. The van der Waals surface area contributed by atoms with Crippen molar-refractivity contribution in [2.75, 3.05) is 11.3 Å². The van der Waals surface area contributed by atoms with E-state index in [4.69, 9.17) is 16.3 Å². The van der Waals surface area contributed by atoms with Gasteiger partial charge < -0.3 is 10.1 Å². The number of esters is 1. The van der Waals surface area contributed by atoms with Gasteiger partial charge >= 0.3 is 5.97 Å². The highest BCUT2D eigenvalue weighted by atomic mass is 35.5. The van der Waals surface area contributed by atoms with E-state index in [-0.39, 0.29) is 17.0 Å². The molecule has 9 heteroatoms. The van der Waals surface area contributed by atoms with Gasteiger partial charge in [0.25, 0.3) is 15.9 Å². The minimum Gasteiger partial charge on any atom is -0.452 e. The lowest BCUT2D eigenvalue weighted by Gasteiger charge is -2.12. The Balaban J connectivity index is 1.65. The van der Waals surface area contributed by atoms with Gasteiger partial charge in [-0.1, -0.05) is 48.0 Å². The Kier molecular flexibility index (Phi) is 7.73. The molecule has 0 aliphatic heterocycles. The van der Waals surface area contributed by atoms with Crippen LogP contribution in [0.1, 0.15) is 27.0 Å². The van der Waals surface area contributed by atoms with Crippen LogP contribution in [0.4, 0.5) is 5.69 Å². The predicted octanol–water partition coefficient (Wildman–Crippen LogP) is 4.23. The second-order valence-corrected chi connectivity index (χ2v) is 9.49. The van der Waals surface area contributed by atoms with Crippen molar-refractivity contribution in [3.63, 3.8) is 0 Å². The number of rotatable bonds is 8. The number of anilines is 1. The van der Waals surface area contributed by atoms with Crippen molar-refractivity contribution >= 4 is 39.2 Å². The van der Waals surface area contributed by atoms with Gasteiger partial charge in [-0.05, 0) is 60.9 Å². The molecule has 3 aromatic carbocycles. The van der Waals surface area contributed by atoms with Crippen LogP contribution in [0.2, 0.25) is 5.02 Å². The maximum absolute atomic E-state index is 12.8. The average Bonchev–Trinajstić information content (AvgIpc) is 2.76. The molecule has 0 saturated carbocycles. The van der Waals surface area contributed by atoms with Gasteiger partial charge in [0, 0.05) is 17.3 Å². The van der Waals surface area contributed by atoms with Gasteiger partial charge in [0.1, 0.15) is 0 Å². The number of hydrogen-bond acceptors (Lipinski definition) is 5. The number of carbonyl (C=O) groups is 2. The van der Waals surface area contributed by atoms with Gasteiger partial charge in [0.05, 0.1) is 10.5 Å². The number of nitrogens with one attached hydrogen (secondary N) is 2. The van der Waals surface area contributed by atoms with Crippen LogP contribution in [0.25, 0.3) is 0 Å². The van der Waals surface area contributed by atoms with Crippen LogP contribution in [-0.2, 0) is 26.1 Å². The number of ether oxygens (including phenoxy) is 1. The molecule has 3 aromatic rings. The fraction of sp³-hybridized carbons (Fsp3) is 0.167. The smallest absolute Gasteiger partial charge is 0.338 e. The molecule has 0 unspecified atom stereocenters. The van der Waals surface area contributed by atoms with Crippen LogP contribution >= 0.6 is 11.6 Å². The summed E-state index contributed by atoms with van der Waals surface area (Å²) in [6.07, 6.45) is 0. The van der Waals surface area contributed by atoms with Gasteiger partial charge in [0.15, 0.2) is 6.61 Å². The average molecular weight is 487 g/mol. The largest absolute Gasteiger partial charge is 0.452 e. The third-order valence-corrected chi connectivity index (χ3v) is 6.53. The zero-order valence-electron chi connectivity index (χ0n) is 18.1. The van der Waals surface area contributed by atoms with E-state index in [2.05, 4.69) is 10.0 Å². The summed E-state index contributed by atoms with van der Waals surface area (Å²) in [5.41, 5.74) is 2.62. The maximum Gasteiger partial charge on any atom is 0.338 e. The lowest BCUT2D eigenvalue weighted by atomic mass is 10.1. The van der Waals surface area contributed by atoms with E-state index in [0.717, 1.165) is 11.1 Å². The van der Waals surface area contributed by atoms with E-state index in [1.165, 1.54) is 18.2 Å². The molecule has 33 heavy (non-hydrogen) atoms. The summed E-state index contributed by atoms with van der Waals surface area (Å²) < 4.78 is 33.1. The number of halogens is 1. The Bertz CT molecular complexity index is 1290. The SMILES string of the molecule is Cc1cccc(NS(=O)(=O)c2ccc(C)c(C(=O)OCC(=O)NCc3ccccc3Cl)c2)c1. The van der Waals surface area contributed by atoms with E-state index in [1.807, 2.05) is 13.0 Å².